The maximum absolute atomic E-state index is 12.8. The van der Waals surface area contributed by atoms with Crippen molar-refractivity contribution in [2.75, 3.05) is 19.7 Å². The molecule has 132 valence electrons. The minimum atomic E-state index is -0.150. The van der Waals surface area contributed by atoms with Gasteiger partial charge in [-0.25, -0.2) is 4.68 Å². The average Bonchev–Trinajstić information content (AvgIpc) is 3.03. The summed E-state index contributed by atoms with van der Waals surface area (Å²) < 4.78 is 6.85. The second kappa shape index (κ2) is 7.51. The first kappa shape index (κ1) is 17.2. The first-order valence-corrected chi connectivity index (χ1v) is 8.67. The Balaban J connectivity index is 1.69. The summed E-state index contributed by atoms with van der Waals surface area (Å²) in [6.07, 6.45) is 2.93. The normalized spacial score (nSPS) is 15.2. The van der Waals surface area contributed by atoms with Crippen LogP contribution in [0.3, 0.4) is 0 Å². The lowest BCUT2D eigenvalue weighted by molar-refractivity contribution is -0.149. The molecule has 1 aromatic heterocycles. The minimum absolute atomic E-state index is 0.0259. The highest BCUT2D eigenvalue weighted by molar-refractivity contribution is 5.95. The molecular weight excluding hydrogens is 318 g/mol. The van der Waals surface area contributed by atoms with Crippen LogP contribution >= 0.6 is 0 Å². The number of likely N-dealkylation sites (tertiary alicyclic amines) is 1. The molecule has 1 amide bonds. The fourth-order valence-corrected chi connectivity index (χ4v) is 3.20. The quantitative estimate of drug-likeness (QED) is 0.802. The second-order valence-electron chi connectivity index (χ2n) is 6.21. The van der Waals surface area contributed by atoms with Gasteiger partial charge in [0, 0.05) is 13.1 Å². The van der Waals surface area contributed by atoms with Gasteiger partial charge in [-0.3, -0.25) is 9.59 Å². The molecular formula is C19H23N3O3. The first-order valence-electron chi connectivity index (χ1n) is 8.67. The molecule has 0 atom stereocenters. The zero-order chi connectivity index (χ0) is 17.8. The van der Waals surface area contributed by atoms with Crippen LogP contribution in [0.1, 0.15) is 35.8 Å². The van der Waals surface area contributed by atoms with Gasteiger partial charge in [0.15, 0.2) is 0 Å². The Bertz CT molecular complexity index is 747. The van der Waals surface area contributed by atoms with Crippen LogP contribution in [0.4, 0.5) is 0 Å². The number of hydrogen-bond acceptors (Lipinski definition) is 4. The van der Waals surface area contributed by atoms with Crippen LogP contribution in [0.25, 0.3) is 5.69 Å². The van der Waals surface area contributed by atoms with E-state index in [2.05, 4.69) is 5.10 Å². The average molecular weight is 341 g/mol. The standard InChI is InChI=1S/C19H23N3O3/c1-3-25-19(24)15-9-11-21(12-10-15)18(23)17-13-20-22(14(17)2)16-7-5-4-6-8-16/h4-8,13,15H,3,9-12H2,1-2H3. The third kappa shape index (κ3) is 3.57. The van der Waals surface area contributed by atoms with Gasteiger partial charge in [0.2, 0.25) is 0 Å². The molecule has 0 aliphatic carbocycles. The van der Waals surface area contributed by atoms with Gasteiger partial charge >= 0.3 is 5.97 Å². The number of rotatable bonds is 4. The van der Waals surface area contributed by atoms with Gasteiger partial charge in [0.05, 0.1) is 35.7 Å². The number of hydrogen-bond donors (Lipinski definition) is 0. The van der Waals surface area contributed by atoms with Gasteiger partial charge in [0.25, 0.3) is 5.91 Å². The topological polar surface area (TPSA) is 64.4 Å². The molecule has 1 aliphatic heterocycles. The molecule has 0 saturated carbocycles. The van der Waals surface area contributed by atoms with E-state index in [-0.39, 0.29) is 17.8 Å². The summed E-state index contributed by atoms with van der Waals surface area (Å²) in [6.45, 7) is 5.24. The van der Waals surface area contributed by atoms with Crippen molar-refractivity contribution in [1.82, 2.24) is 14.7 Å². The third-order valence-corrected chi connectivity index (χ3v) is 4.64. The lowest BCUT2D eigenvalue weighted by Gasteiger charge is -2.30. The van der Waals surface area contributed by atoms with E-state index in [0.29, 0.717) is 38.1 Å². The fourth-order valence-electron chi connectivity index (χ4n) is 3.20. The molecule has 6 heteroatoms. The van der Waals surface area contributed by atoms with Crippen LogP contribution in [-0.2, 0) is 9.53 Å². The second-order valence-corrected chi connectivity index (χ2v) is 6.21. The van der Waals surface area contributed by atoms with Crippen molar-refractivity contribution in [2.45, 2.75) is 26.7 Å². The summed E-state index contributed by atoms with van der Waals surface area (Å²) >= 11 is 0. The van der Waals surface area contributed by atoms with E-state index < -0.39 is 0 Å². The fraction of sp³-hybridized carbons (Fsp3) is 0.421. The van der Waals surface area contributed by atoms with E-state index in [4.69, 9.17) is 4.74 Å². The molecule has 3 rings (SSSR count). The van der Waals surface area contributed by atoms with Gasteiger partial charge in [-0.2, -0.15) is 5.10 Å². The summed E-state index contributed by atoms with van der Waals surface area (Å²) in [4.78, 5) is 26.4. The predicted octanol–water partition coefficient (Wildman–Crippen LogP) is 2.60. The zero-order valence-corrected chi connectivity index (χ0v) is 14.6. The Morgan fingerprint density at radius 3 is 2.52 bits per heavy atom. The lowest BCUT2D eigenvalue weighted by atomic mass is 9.96. The van der Waals surface area contributed by atoms with Gasteiger partial charge in [-0.05, 0) is 38.8 Å². The number of aromatic nitrogens is 2. The van der Waals surface area contributed by atoms with E-state index in [1.165, 1.54) is 0 Å². The molecule has 0 radical (unpaired) electrons. The Kier molecular flexibility index (Phi) is 5.16. The summed E-state index contributed by atoms with van der Waals surface area (Å²) in [5.41, 5.74) is 2.36. The smallest absolute Gasteiger partial charge is 0.309 e. The van der Waals surface area contributed by atoms with Crippen LogP contribution < -0.4 is 0 Å². The largest absolute Gasteiger partial charge is 0.466 e. The maximum atomic E-state index is 12.8. The highest BCUT2D eigenvalue weighted by atomic mass is 16.5. The molecule has 1 aliphatic rings. The highest BCUT2D eigenvalue weighted by Gasteiger charge is 2.29. The Morgan fingerprint density at radius 1 is 1.20 bits per heavy atom. The van der Waals surface area contributed by atoms with E-state index in [1.54, 1.807) is 15.8 Å². The van der Waals surface area contributed by atoms with Crippen LogP contribution in [0.15, 0.2) is 36.5 Å². The van der Waals surface area contributed by atoms with Crippen molar-refractivity contribution in [3.8, 4) is 5.69 Å². The molecule has 6 nitrogen and oxygen atoms in total. The Hall–Kier alpha value is -2.63. The number of carbonyl (C=O) groups excluding carboxylic acids is 2. The number of nitrogens with zero attached hydrogens (tertiary/aromatic N) is 3. The van der Waals surface area contributed by atoms with Gasteiger partial charge in [-0.1, -0.05) is 18.2 Å². The predicted molar refractivity (Wildman–Crippen MR) is 93.6 cm³/mol. The van der Waals surface area contributed by atoms with Crippen LogP contribution in [-0.4, -0.2) is 46.3 Å². The number of esters is 1. The number of para-hydroxylation sites is 1. The van der Waals surface area contributed by atoms with Crippen molar-refractivity contribution < 1.29 is 14.3 Å². The minimum Gasteiger partial charge on any atom is -0.466 e. The van der Waals surface area contributed by atoms with Crippen LogP contribution in [0, 0.1) is 12.8 Å². The zero-order valence-electron chi connectivity index (χ0n) is 14.6. The molecule has 2 aromatic rings. The van der Waals surface area contributed by atoms with Crippen molar-refractivity contribution in [3.63, 3.8) is 0 Å². The monoisotopic (exact) mass is 341 g/mol. The van der Waals surface area contributed by atoms with E-state index in [9.17, 15) is 9.59 Å². The Labute approximate surface area is 147 Å². The van der Waals surface area contributed by atoms with Crippen LogP contribution in [0.5, 0.6) is 0 Å². The molecule has 1 fully saturated rings. The number of ether oxygens (including phenoxy) is 1. The SMILES string of the molecule is CCOC(=O)C1CCN(C(=O)c2cnn(-c3ccccc3)c2C)CC1. The van der Waals surface area contributed by atoms with E-state index in [0.717, 1.165) is 11.4 Å². The van der Waals surface area contributed by atoms with Crippen molar-refractivity contribution >= 4 is 11.9 Å². The molecule has 0 N–H and O–H groups in total. The summed E-state index contributed by atoms with van der Waals surface area (Å²) in [6, 6.07) is 9.75. The van der Waals surface area contributed by atoms with Gasteiger partial charge < -0.3 is 9.64 Å². The Morgan fingerprint density at radius 2 is 1.88 bits per heavy atom. The molecule has 0 spiro atoms. The third-order valence-electron chi connectivity index (χ3n) is 4.64. The molecule has 0 bridgehead atoms. The molecule has 1 saturated heterocycles. The van der Waals surface area contributed by atoms with Crippen LogP contribution in [0.2, 0.25) is 0 Å². The number of benzene rings is 1. The summed E-state index contributed by atoms with van der Waals surface area (Å²) in [7, 11) is 0. The molecule has 1 aromatic carbocycles. The van der Waals surface area contributed by atoms with Crippen molar-refractivity contribution in [3.05, 3.63) is 47.8 Å². The first-order chi connectivity index (χ1) is 12.1. The van der Waals surface area contributed by atoms with Crippen molar-refractivity contribution in [1.29, 1.82) is 0 Å². The maximum Gasteiger partial charge on any atom is 0.309 e. The van der Waals surface area contributed by atoms with E-state index >= 15 is 0 Å². The number of piperidine rings is 1. The summed E-state index contributed by atoms with van der Waals surface area (Å²) in [5, 5.41) is 4.36. The molecule has 0 unspecified atom stereocenters. The number of carbonyl (C=O) groups is 2. The van der Waals surface area contributed by atoms with Gasteiger partial charge in [0.1, 0.15) is 0 Å². The molecule has 25 heavy (non-hydrogen) atoms. The lowest BCUT2D eigenvalue weighted by Crippen LogP contribution is -2.40. The van der Waals surface area contributed by atoms with Gasteiger partial charge in [-0.15, -0.1) is 0 Å². The molecule has 2 heterocycles. The van der Waals surface area contributed by atoms with Crippen molar-refractivity contribution in [2.24, 2.45) is 5.92 Å². The number of amides is 1. The van der Waals surface area contributed by atoms with E-state index in [1.807, 2.05) is 44.2 Å². The summed E-state index contributed by atoms with van der Waals surface area (Å²) in [5.74, 6) is -0.276. The highest BCUT2D eigenvalue weighted by Crippen LogP contribution is 2.22.